The first kappa shape index (κ1) is 5.16. The fourth-order valence-corrected chi connectivity index (χ4v) is 0.534. The number of para-hydroxylation sites is 1. The van der Waals surface area contributed by atoms with Gasteiger partial charge >= 0.3 is 0 Å². The number of nitrogens with two attached hydrogens (primary N) is 1. The van der Waals surface area contributed by atoms with Crippen LogP contribution in [-0.2, 0) is 0 Å². The van der Waals surface area contributed by atoms with Crippen molar-refractivity contribution in [3.63, 3.8) is 0 Å². The van der Waals surface area contributed by atoms with Gasteiger partial charge in [-0.1, -0.05) is 18.2 Å². The average Bonchev–Trinajstić information content (AvgIpc) is 1.77. The van der Waals surface area contributed by atoms with Gasteiger partial charge in [0.1, 0.15) is 0 Å². The lowest BCUT2D eigenvalue weighted by Crippen LogP contribution is -1.86. The zero-order valence-corrected chi connectivity index (χ0v) is 4.81. The average molecular weight is 106 g/mol. The summed E-state index contributed by atoms with van der Waals surface area (Å²) in [6, 6.07) is 8.57. The molecule has 0 bridgehead atoms. The quantitative estimate of drug-likeness (QED) is 0.497. The molecule has 1 nitrogen and oxygen atoms in total. The Kier molecular flexibility index (Phi) is 1.20. The molecule has 0 heterocycles. The lowest BCUT2D eigenvalue weighted by Gasteiger charge is -1.93. The van der Waals surface area contributed by atoms with E-state index in [0.717, 1.165) is 11.3 Å². The van der Waals surface area contributed by atoms with Gasteiger partial charge in [0.15, 0.2) is 0 Å². The number of hydrogen-bond donors (Lipinski definition) is 1. The topological polar surface area (TPSA) is 26.0 Å². The normalized spacial score (nSPS) is 9.12. The lowest BCUT2D eigenvalue weighted by molar-refractivity contribution is 1.47. The van der Waals surface area contributed by atoms with Gasteiger partial charge in [-0.05, 0) is 12.5 Å². The van der Waals surface area contributed by atoms with Crippen molar-refractivity contribution in [3.05, 3.63) is 29.8 Å². The van der Waals surface area contributed by atoms with Gasteiger partial charge in [0.2, 0.25) is 0 Å². The van der Waals surface area contributed by atoms with Crippen molar-refractivity contribution in [1.29, 1.82) is 0 Å². The SMILES string of the molecule is Cc1ccc[c]c1N. The van der Waals surface area contributed by atoms with Crippen molar-refractivity contribution < 1.29 is 0 Å². The molecule has 1 radical (unpaired) electrons. The van der Waals surface area contributed by atoms with Crippen molar-refractivity contribution in [2.75, 3.05) is 5.73 Å². The summed E-state index contributed by atoms with van der Waals surface area (Å²) in [5.41, 5.74) is 7.30. The highest BCUT2D eigenvalue weighted by atomic mass is 14.5. The molecule has 1 heteroatoms. The fraction of sp³-hybridized carbons (Fsp3) is 0.143. The summed E-state index contributed by atoms with van der Waals surface area (Å²) < 4.78 is 0. The maximum Gasteiger partial charge on any atom is 0.0424 e. The Morgan fingerprint density at radius 2 is 2.38 bits per heavy atom. The minimum absolute atomic E-state index is 0.743. The third-order valence-electron chi connectivity index (χ3n) is 1.11. The zero-order chi connectivity index (χ0) is 5.98. The fourth-order valence-electron chi connectivity index (χ4n) is 0.534. The Balaban J connectivity index is 3.13. The summed E-state index contributed by atoms with van der Waals surface area (Å²) in [6.45, 7) is 1.96. The highest BCUT2D eigenvalue weighted by molar-refractivity contribution is 5.43. The molecule has 0 amide bonds. The largest absolute Gasteiger partial charge is 0.398 e. The molecule has 41 valence electrons. The molecule has 0 spiro atoms. The van der Waals surface area contributed by atoms with Crippen LogP contribution in [0.25, 0.3) is 0 Å². The number of aryl methyl sites for hydroxylation is 1. The summed E-state index contributed by atoms with van der Waals surface area (Å²) in [6.07, 6.45) is 0. The number of rotatable bonds is 0. The molecule has 2 N–H and O–H groups in total. The van der Waals surface area contributed by atoms with Gasteiger partial charge in [-0.15, -0.1) is 0 Å². The Labute approximate surface area is 49.1 Å². The third kappa shape index (κ3) is 0.808. The number of anilines is 1. The monoisotopic (exact) mass is 106 g/mol. The summed E-state index contributed by atoms with van der Waals surface area (Å²) in [5, 5.41) is 0. The van der Waals surface area contributed by atoms with Crippen LogP contribution in [0.4, 0.5) is 5.69 Å². The molecule has 1 aromatic carbocycles. The predicted octanol–water partition coefficient (Wildman–Crippen LogP) is 1.38. The van der Waals surface area contributed by atoms with Crippen LogP contribution in [0.2, 0.25) is 0 Å². The van der Waals surface area contributed by atoms with Crippen LogP contribution in [0.5, 0.6) is 0 Å². The molecule has 0 unspecified atom stereocenters. The second kappa shape index (κ2) is 1.86. The van der Waals surface area contributed by atoms with Crippen molar-refractivity contribution in [3.8, 4) is 0 Å². The van der Waals surface area contributed by atoms with Crippen LogP contribution in [0, 0.1) is 13.0 Å². The van der Waals surface area contributed by atoms with E-state index in [9.17, 15) is 0 Å². The summed E-state index contributed by atoms with van der Waals surface area (Å²) in [5.74, 6) is 0. The van der Waals surface area contributed by atoms with Gasteiger partial charge in [-0.3, -0.25) is 0 Å². The molecular weight excluding hydrogens is 98.1 g/mol. The van der Waals surface area contributed by atoms with Crippen LogP contribution >= 0.6 is 0 Å². The van der Waals surface area contributed by atoms with E-state index >= 15 is 0 Å². The smallest absolute Gasteiger partial charge is 0.0424 e. The van der Waals surface area contributed by atoms with E-state index in [1.165, 1.54) is 0 Å². The van der Waals surface area contributed by atoms with Crippen molar-refractivity contribution >= 4 is 5.69 Å². The van der Waals surface area contributed by atoms with E-state index in [-0.39, 0.29) is 0 Å². The molecule has 1 aromatic rings. The van der Waals surface area contributed by atoms with Crippen LogP contribution in [-0.4, -0.2) is 0 Å². The van der Waals surface area contributed by atoms with Gasteiger partial charge in [0, 0.05) is 11.8 Å². The van der Waals surface area contributed by atoms with Crippen LogP contribution < -0.4 is 5.73 Å². The third-order valence-corrected chi connectivity index (χ3v) is 1.11. The van der Waals surface area contributed by atoms with E-state index in [2.05, 4.69) is 6.07 Å². The van der Waals surface area contributed by atoms with Gasteiger partial charge in [-0.2, -0.15) is 0 Å². The number of benzene rings is 1. The first-order valence-electron chi connectivity index (χ1n) is 2.53. The highest BCUT2D eigenvalue weighted by Crippen LogP contribution is 2.05. The Hall–Kier alpha value is -0.980. The van der Waals surface area contributed by atoms with Crippen molar-refractivity contribution in [2.45, 2.75) is 6.92 Å². The predicted molar refractivity (Wildman–Crippen MR) is 34.4 cm³/mol. The Morgan fingerprint density at radius 1 is 1.62 bits per heavy atom. The van der Waals surface area contributed by atoms with E-state index < -0.39 is 0 Å². The minimum atomic E-state index is 0.743. The van der Waals surface area contributed by atoms with E-state index in [4.69, 9.17) is 5.73 Å². The summed E-state index contributed by atoms with van der Waals surface area (Å²) in [4.78, 5) is 0. The van der Waals surface area contributed by atoms with Gasteiger partial charge < -0.3 is 5.73 Å². The van der Waals surface area contributed by atoms with E-state index in [1.54, 1.807) is 0 Å². The standard InChI is InChI=1S/C7H8N/c1-6-4-2-3-5-7(6)8/h2-4H,8H2,1H3. The van der Waals surface area contributed by atoms with Gasteiger partial charge in [0.05, 0.1) is 0 Å². The highest BCUT2D eigenvalue weighted by Gasteiger charge is 1.85. The van der Waals surface area contributed by atoms with Gasteiger partial charge in [-0.25, -0.2) is 0 Å². The van der Waals surface area contributed by atoms with E-state index in [1.807, 2.05) is 25.1 Å². The van der Waals surface area contributed by atoms with Crippen molar-refractivity contribution in [1.82, 2.24) is 0 Å². The van der Waals surface area contributed by atoms with Crippen LogP contribution in [0.1, 0.15) is 5.56 Å². The molecule has 8 heavy (non-hydrogen) atoms. The zero-order valence-electron chi connectivity index (χ0n) is 4.81. The molecule has 0 aliphatic carbocycles. The molecule has 0 fully saturated rings. The maximum atomic E-state index is 5.46. The molecule has 1 rings (SSSR count). The molecular formula is C7H8N. The maximum absolute atomic E-state index is 5.46. The van der Waals surface area contributed by atoms with Crippen LogP contribution in [0.15, 0.2) is 18.2 Å². The summed E-state index contributed by atoms with van der Waals surface area (Å²) >= 11 is 0. The molecule has 0 saturated heterocycles. The minimum Gasteiger partial charge on any atom is -0.398 e. The molecule has 0 aliphatic heterocycles. The lowest BCUT2D eigenvalue weighted by atomic mass is 10.2. The first-order valence-corrected chi connectivity index (χ1v) is 2.53. The molecule has 0 aromatic heterocycles. The number of hydrogen-bond acceptors (Lipinski definition) is 1. The molecule has 0 aliphatic rings. The Bertz CT molecular complexity index is 160. The van der Waals surface area contributed by atoms with Gasteiger partial charge in [0.25, 0.3) is 0 Å². The molecule has 0 atom stereocenters. The van der Waals surface area contributed by atoms with E-state index in [0.29, 0.717) is 0 Å². The van der Waals surface area contributed by atoms with Crippen LogP contribution in [0.3, 0.4) is 0 Å². The van der Waals surface area contributed by atoms with Crippen molar-refractivity contribution in [2.24, 2.45) is 0 Å². The Morgan fingerprint density at radius 3 is 2.75 bits per heavy atom. The summed E-state index contributed by atoms with van der Waals surface area (Å²) in [7, 11) is 0. The number of nitrogen functional groups attached to an aromatic ring is 1. The second-order valence-electron chi connectivity index (χ2n) is 1.77. The second-order valence-corrected chi connectivity index (χ2v) is 1.77. The first-order chi connectivity index (χ1) is 3.80. The molecule has 0 saturated carbocycles.